The Hall–Kier alpha value is -2.31. The van der Waals surface area contributed by atoms with Gasteiger partial charge in [0.05, 0.1) is 16.3 Å². The average Bonchev–Trinajstić information content (AvgIpc) is 2.49. The minimum atomic E-state index is -1.17. The van der Waals surface area contributed by atoms with Crippen LogP contribution in [-0.4, -0.2) is 27.8 Å². The third kappa shape index (κ3) is 4.84. The van der Waals surface area contributed by atoms with Gasteiger partial charge in [0.2, 0.25) is 0 Å². The predicted molar refractivity (Wildman–Crippen MR) is 96.0 cm³/mol. The molecule has 0 atom stereocenters. The van der Waals surface area contributed by atoms with Crippen molar-refractivity contribution in [1.29, 1.82) is 0 Å². The number of carbonyl (C=O) groups is 2. The Morgan fingerprint density at radius 1 is 1.16 bits per heavy atom. The van der Waals surface area contributed by atoms with Crippen LogP contribution in [0.25, 0.3) is 0 Å². The molecule has 0 spiro atoms. The van der Waals surface area contributed by atoms with Gasteiger partial charge in [-0.05, 0) is 51.1 Å². The molecule has 6 nitrogen and oxygen atoms in total. The summed E-state index contributed by atoms with van der Waals surface area (Å²) in [6.07, 6.45) is 0.420. The summed E-state index contributed by atoms with van der Waals surface area (Å²) in [5.41, 5.74) is -0.403. The minimum absolute atomic E-state index is 0.000657. The first kappa shape index (κ1) is 19.0. The van der Waals surface area contributed by atoms with E-state index in [1.807, 2.05) is 0 Å². The number of rotatable bonds is 3. The second-order valence-electron chi connectivity index (χ2n) is 6.13. The SMILES string of the molecule is CC(C)(C)OC(=O)N(c1ccc(Cl)cc1)c1ncc(C(=O)O)cc1Cl. The number of hydrogen-bond donors (Lipinski definition) is 1. The van der Waals surface area contributed by atoms with Crippen molar-refractivity contribution < 1.29 is 19.4 Å². The van der Waals surface area contributed by atoms with Crippen molar-refractivity contribution in [3.05, 3.63) is 52.1 Å². The van der Waals surface area contributed by atoms with E-state index in [9.17, 15) is 9.59 Å². The Morgan fingerprint density at radius 2 is 1.76 bits per heavy atom. The quantitative estimate of drug-likeness (QED) is 0.792. The van der Waals surface area contributed by atoms with Gasteiger partial charge in [-0.25, -0.2) is 19.5 Å². The van der Waals surface area contributed by atoms with Crippen molar-refractivity contribution in [1.82, 2.24) is 4.98 Å². The minimum Gasteiger partial charge on any atom is -0.478 e. The van der Waals surface area contributed by atoms with Crippen molar-refractivity contribution in [2.24, 2.45) is 0 Å². The molecular weight excluding hydrogens is 367 g/mol. The summed E-state index contributed by atoms with van der Waals surface area (Å²) < 4.78 is 5.41. The molecule has 0 radical (unpaired) electrons. The van der Waals surface area contributed by atoms with Gasteiger partial charge in [0.15, 0.2) is 5.82 Å². The maximum absolute atomic E-state index is 12.7. The molecule has 2 aromatic rings. The molecule has 0 unspecified atom stereocenters. The lowest BCUT2D eigenvalue weighted by Gasteiger charge is -2.27. The number of anilines is 2. The highest BCUT2D eigenvalue weighted by molar-refractivity contribution is 6.34. The molecule has 1 N–H and O–H groups in total. The van der Waals surface area contributed by atoms with Crippen molar-refractivity contribution in [3.8, 4) is 0 Å². The molecule has 0 saturated heterocycles. The zero-order chi connectivity index (χ0) is 18.8. The number of carboxylic acids is 1. The van der Waals surface area contributed by atoms with Gasteiger partial charge in [-0.2, -0.15) is 0 Å². The molecule has 0 saturated carbocycles. The first-order valence-corrected chi connectivity index (χ1v) is 8.01. The number of aromatic carboxylic acids is 1. The van der Waals surface area contributed by atoms with E-state index in [4.69, 9.17) is 33.0 Å². The summed E-state index contributed by atoms with van der Waals surface area (Å²) in [6.45, 7) is 5.19. The van der Waals surface area contributed by atoms with E-state index in [-0.39, 0.29) is 16.4 Å². The summed E-state index contributed by atoms with van der Waals surface area (Å²) >= 11 is 12.1. The van der Waals surface area contributed by atoms with Crippen LogP contribution in [0.15, 0.2) is 36.5 Å². The predicted octanol–water partition coefficient (Wildman–Crippen LogP) is 5.16. The van der Waals surface area contributed by atoms with Crippen LogP contribution in [0.4, 0.5) is 16.3 Å². The number of amides is 1. The molecule has 1 aromatic heterocycles. The fourth-order valence-electron chi connectivity index (χ4n) is 1.92. The van der Waals surface area contributed by atoms with E-state index >= 15 is 0 Å². The maximum atomic E-state index is 12.7. The number of nitrogens with zero attached hydrogens (tertiary/aromatic N) is 2. The van der Waals surface area contributed by atoms with Crippen LogP contribution in [0, 0.1) is 0 Å². The molecule has 0 bridgehead atoms. The molecule has 0 fully saturated rings. The number of benzene rings is 1. The molecule has 0 aliphatic carbocycles. The van der Waals surface area contributed by atoms with Crippen molar-refractivity contribution in [2.75, 3.05) is 4.90 Å². The van der Waals surface area contributed by atoms with Gasteiger partial charge in [-0.3, -0.25) is 0 Å². The number of aromatic nitrogens is 1. The molecule has 8 heteroatoms. The van der Waals surface area contributed by atoms with E-state index in [0.29, 0.717) is 10.7 Å². The zero-order valence-electron chi connectivity index (χ0n) is 13.8. The van der Waals surface area contributed by atoms with E-state index < -0.39 is 17.7 Å². The van der Waals surface area contributed by atoms with Gasteiger partial charge in [0, 0.05) is 11.2 Å². The third-order valence-electron chi connectivity index (χ3n) is 2.94. The van der Waals surface area contributed by atoms with Crippen LogP contribution < -0.4 is 4.90 Å². The Labute approximate surface area is 154 Å². The summed E-state index contributed by atoms with van der Waals surface area (Å²) in [5.74, 6) is -1.11. The van der Waals surface area contributed by atoms with Crippen LogP contribution in [0.1, 0.15) is 31.1 Å². The Bertz CT molecular complexity index is 801. The topological polar surface area (TPSA) is 79.7 Å². The second kappa shape index (κ2) is 7.29. The maximum Gasteiger partial charge on any atom is 0.420 e. The number of pyridine rings is 1. The third-order valence-corrected chi connectivity index (χ3v) is 3.47. The largest absolute Gasteiger partial charge is 0.478 e. The molecular formula is C17H16Cl2N2O4. The molecule has 1 amide bonds. The summed E-state index contributed by atoms with van der Waals surface area (Å²) in [4.78, 5) is 28.9. The lowest BCUT2D eigenvalue weighted by molar-refractivity contribution is 0.0597. The molecule has 0 aliphatic heterocycles. The van der Waals surface area contributed by atoms with Crippen molar-refractivity contribution in [3.63, 3.8) is 0 Å². The summed E-state index contributed by atoms with van der Waals surface area (Å²) in [5, 5.41) is 9.52. The van der Waals surface area contributed by atoms with Crippen LogP contribution in [0.3, 0.4) is 0 Å². The van der Waals surface area contributed by atoms with Crippen LogP contribution in [0.2, 0.25) is 10.0 Å². The molecule has 1 aromatic carbocycles. The molecule has 132 valence electrons. The average molecular weight is 383 g/mol. The van der Waals surface area contributed by atoms with E-state index in [0.717, 1.165) is 11.1 Å². The number of carbonyl (C=O) groups excluding carboxylic acids is 1. The molecule has 2 rings (SSSR count). The number of halogens is 2. The normalized spacial score (nSPS) is 11.1. The van der Waals surface area contributed by atoms with Gasteiger partial charge >= 0.3 is 12.1 Å². The van der Waals surface area contributed by atoms with Crippen molar-refractivity contribution >= 4 is 46.8 Å². The number of ether oxygens (including phenoxy) is 1. The van der Waals surface area contributed by atoms with E-state index in [1.54, 1.807) is 45.0 Å². The highest BCUT2D eigenvalue weighted by Crippen LogP contribution is 2.32. The smallest absolute Gasteiger partial charge is 0.420 e. The first-order chi connectivity index (χ1) is 11.6. The highest BCUT2D eigenvalue weighted by atomic mass is 35.5. The highest BCUT2D eigenvalue weighted by Gasteiger charge is 2.28. The van der Waals surface area contributed by atoms with Gasteiger partial charge in [0.1, 0.15) is 5.60 Å². The van der Waals surface area contributed by atoms with Gasteiger partial charge < -0.3 is 9.84 Å². The monoisotopic (exact) mass is 382 g/mol. The Balaban J connectivity index is 2.53. The summed E-state index contributed by atoms with van der Waals surface area (Å²) in [6, 6.07) is 7.64. The van der Waals surface area contributed by atoms with Crippen LogP contribution >= 0.6 is 23.2 Å². The Kier molecular flexibility index (Phi) is 5.55. The van der Waals surface area contributed by atoms with Crippen LogP contribution in [0.5, 0.6) is 0 Å². The molecule has 1 heterocycles. The lowest BCUT2D eigenvalue weighted by Crippen LogP contribution is -2.34. The van der Waals surface area contributed by atoms with Crippen LogP contribution in [-0.2, 0) is 4.74 Å². The van der Waals surface area contributed by atoms with Gasteiger partial charge in [-0.1, -0.05) is 23.2 Å². The number of carboxylic acid groups (broad SMARTS) is 1. The standard InChI is InChI=1S/C17H16Cl2N2O4/c1-17(2,3)25-16(24)21(12-6-4-11(18)5-7-12)14-13(19)8-10(9-20-14)15(22)23/h4-9H,1-3H3,(H,22,23). The van der Waals surface area contributed by atoms with E-state index in [1.165, 1.54) is 6.07 Å². The number of hydrogen-bond acceptors (Lipinski definition) is 4. The second-order valence-corrected chi connectivity index (χ2v) is 6.97. The molecule has 0 aliphatic rings. The fourth-order valence-corrected chi connectivity index (χ4v) is 2.30. The zero-order valence-corrected chi connectivity index (χ0v) is 15.3. The van der Waals surface area contributed by atoms with Crippen molar-refractivity contribution in [2.45, 2.75) is 26.4 Å². The summed E-state index contributed by atoms with van der Waals surface area (Å²) in [7, 11) is 0. The fraction of sp³-hybridized carbons (Fsp3) is 0.235. The van der Waals surface area contributed by atoms with E-state index in [2.05, 4.69) is 4.98 Å². The lowest BCUT2D eigenvalue weighted by atomic mass is 10.2. The first-order valence-electron chi connectivity index (χ1n) is 7.26. The van der Waals surface area contributed by atoms with Gasteiger partial charge in [0.25, 0.3) is 0 Å². The Morgan fingerprint density at radius 3 is 2.24 bits per heavy atom. The van der Waals surface area contributed by atoms with Gasteiger partial charge in [-0.15, -0.1) is 0 Å². The molecule has 25 heavy (non-hydrogen) atoms.